The van der Waals surface area contributed by atoms with Gasteiger partial charge < -0.3 is 10.2 Å². The Bertz CT molecular complexity index is 293. The lowest BCUT2D eigenvalue weighted by atomic mass is 9.60. The summed E-state index contributed by atoms with van der Waals surface area (Å²) < 4.78 is 0. The molecule has 2 fully saturated rings. The van der Waals surface area contributed by atoms with Gasteiger partial charge in [-0.25, -0.2) is 0 Å². The van der Waals surface area contributed by atoms with Gasteiger partial charge in [0.2, 0.25) is 0 Å². The average Bonchev–Trinajstić information content (AvgIpc) is 2.52. The van der Waals surface area contributed by atoms with Crippen molar-refractivity contribution in [2.45, 2.75) is 45.6 Å². The van der Waals surface area contributed by atoms with Crippen LogP contribution in [0.4, 0.5) is 0 Å². The van der Waals surface area contributed by atoms with Crippen molar-refractivity contribution in [2.75, 3.05) is 0 Å². The average molecular weight is 198 g/mol. The van der Waals surface area contributed by atoms with Crippen molar-refractivity contribution < 1.29 is 15.0 Å². The zero-order valence-electron chi connectivity index (χ0n) is 9.00. The summed E-state index contributed by atoms with van der Waals surface area (Å²) in [5.74, 6) is -0.468. The summed E-state index contributed by atoms with van der Waals surface area (Å²) in [5, 5.41) is 19.8. The van der Waals surface area contributed by atoms with Crippen LogP contribution in [0.2, 0.25) is 0 Å². The van der Waals surface area contributed by atoms with Gasteiger partial charge in [-0.15, -0.1) is 0 Å². The number of carboxylic acid groups (broad SMARTS) is 1. The van der Waals surface area contributed by atoms with E-state index < -0.39 is 17.0 Å². The van der Waals surface area contributed by atoms with E-state index in [0.717, 1.165) is 6.42 Å². The lowest BCUT2D eigenvalue weighted by molar-refractivity contribution is -0.179. The van der Waals surface area contributed by atoms with Gasteiger partial charge in [0, 0.05) is 0 Å². The van der Waals surface area contributed by atoms with Crippen LogP contribution in [0.15, 0.2) is 0 Å². The van der Waals surface area contributed by atoms with Crippen molar-refractivity contribution in [3.8, 4) is 0 Å². The Morgan fingerprint density at radius 3 is 2.21 bits per heavy atom. The van der Waals surface area contributed by atoms with E-state index in [2.05, 4.69) is 0 Å². The lowest BCUT2D eigenvalue weighted by Gasteiger charge is -2.47. The highest BCUT2D eigenvalue weighted by atomic mass is 16.4. The lowest BCUT2D eigenvalue weighted by Crippen LogP contribution is -2.55. The van der Waals surface area contributed by atoms with E-state index in [4.69, 9.17) is 0 Å². The van der Waals surface area contributed by atoms with Crippen molar-refractivity contribution in [3.05, 3.63) is 0 Å². The Morgan fingerprint density at radius 1 is 1.36 bits per heavy atom. The molecule has 0 aromatic heterocycles. The fourth-order valence-corrected chi connectivity index (χ4v) is 3.52. The highest BCUT2D eigenvalue weighted by molar-refractivity contribution is 5.78. The van der Waals surface area contributed by atoms with E-state index in [1.165, 1.54) is 0 Å². The van der Waals surface area contributed by atoms with Crippen molar-refractivity contribution in [1.29, 1.82) is 0 Å². The summed E-state index contributed by atoms with van der Waals surface area (Å²) in [5.41, 5.74) is -2.24. The molecule has 0 heterocycles. The second-order valence-corrected chi connectivity index (χ2v) is 5.62. The molecule has 2 bridgehead atoms. The highest BCUT2D eigenvalue weighted by Gasteiger charge is 2.71. The van der Waals surface area contributed by atoms with Crippen LogP contribution in [0.5, 0.6) is 0 Å². The number of hydrogen-bond acceptors (Lipinski definition) is 2. The first-order valence-corrected chi connectivity index (χ1v) is 5.21. The molecule has 14 heavy (non-hydrogen) atoms. The van der Waals surface area contributed by atoms with E-state index in [-0.39, 0.29) is 5.41 Å². The molecule has 2 saturated carbocycles. The minimum atomic E-state index is -1.07. The van der Waals surface area contributed by atoms with E-state index in [1.807, 2.05) is 13.8 Å². The Morgan fingerprint density at radius 2 is 1.93 bits per heavy atom. The first kappa shape index (κ1) is 9.97. The molecular formula is C11H18O3. The van der Waals surface area contributed by atoms with Gasteiger partial charge in [-0.2, -0.15) is 0 Å². The molecule has 2 aliphatic rings. The maximum atomic E-state index is 11.3. The molecular weight excluding hydrogens is 180 g/mol. The fourth-order valence-electron chi connectivity index (χ4n) is 3.52. The highest BCUT2D eigenvalue weighted by Crippen LogP contribution is 2.68. The molecule has 3 heteroatoms. The second kappa shape index (κ2) is 2.32. The van der Waals surface area contributed by atoms with Crippen LogP contribution < -0.4 is 0 Å². The molecule has 0 spiro atoms. The van der Waals surface area contributed by atoms with Crippen molar-refractivity contribution in [1.82, 2.24) is 0 Å². The smallest absolute Gasteiger partial charge is 0.312 e. The molecule has 2 aliphatic carbocycles. The molecule has 0 aromatic carbocycles. The molecule has 0 saturated heterocycles. The quantitative estimate of drug-likeness (QED) is 0.673. The first-order valence-electron chi connectivity index (χ1n) is 5.21. The maximum Gasteiger partial charge on any atom is 0.312 e. The van der Waals surface area contributed by atoms with Crippen LogP contribution in [0, 0.1) is 16.7 Å². The van der Waals surface area contributed by atoms with Gasteiger partial charge in [0.05, 0.1) is 11.0 Å². The molecule has 0 aromatic rings. The standard InChI is InChI=1S/C11H18O3/c1-9(2)7-4-5-11(6-7,8(12)13)10(9,3)14/h7,14H,4-6H2,1-3H3,(H,12,13). The van der Waals surface area contributed by atoms with Gasteiger partial charge in [-0.3, -0.25) is 4.79 Å². The normalized spacial score (nSPS) is 49.6. The summed E-state index contributed by atoms with van der Waals surface area (Å²) in [6, 6.07) is 0. The number of rotatable bonds is 1. The zero-order chi connectivity index (χ0) is 10.8. The largest absolute Gasteiger partial charge is 0.481 e. The van der Waals surface area contributed by atoms with Gasteiger partial charge >= 0.3 is 5.97 Å². The van der Waals surface area contributed by atoms with Gasteiger partial charge in [0.15, 0.2) is 0 Å². The summed E-state index contributed by atoms with van der Waals surface area (Å²) in [7, 11) is 0. The Labute approximate surface area is 84.1 Å². The maximum absolute atomic E-state index is 11.3. The van der Waals surface area contributed by atoms with E-state index in [1.54, 1.807) is 6.92 Å². The van der Waals surface area contributed by atoms with E-state index in [9.17, 15) is 15.0 Å². The van der Waals surface area contributed by atoms with Crippen molar-refractivity contribution >= 4 is 5.97 Å². The van der Waals surface area contributed by atoms with Crippen LogP contribution in [-0.4, -0.2) is 21.8 Å². The van der Waals surface area contributed by atoms with Crippen LogP contribution in [-0.2, 0) is 4.79 Å². The molecule has 80 valence electrons. The molecule has 3 atom stereocenters. The third kappa shape index (κ3) is 0.761. The van der Waals surface area contributed by atoms with Gasteiger partial charge in [0.25, 0.3) is 0 Å². The third-order valence-corrected chi connectivity index (χ3v) is 5.13. The van der Waals surface area contributed by atoms with Crippen LogP contribution >= 0.6 is 0 Å². The monoisotopic (exact) mass is 198 g/mol. The third-order valence-electron chi connectivity index (χ3n) is 5.13. The predicted molar refractivity (Wildman–Crippen MR) is 51.8 cm³/mol. The van der Waals surface area contributed by atoms with Crippen molar-refractivity contribution in [2.24, 2.45) is 16.7 Å². The minimum Gasteiger partial charge on any atom is -0.481 e. The molecule has 0 aliphatic heterocycles. The van der Waals surface area contributed by atoms with Gasteiger partial charge in [0.1, 0.15) is 0 Å². The summed E-state index contributed by atoms with van der Waals surface area (Å²) >= 11 is 0. The van der Waals surface area contributed by atoms with Crippen LogP contribution in [0.1, 0.15) is 40.0 Å². The molecule has 3 nitrogen and oxygen atoms in total. The molecule has 3 unspecified atom stereocenters. The number of aliphatic carboxylic acids is 1. The van der Waals surface area contributed by atoms with Gasteiger partial charge in [-0.1, -0.05) is 13.8 Å². The SMILES string of the molecule is CC1(C)C2CCC(C(=O)O)(C2)C1(C)O. The van der Waals surface area contributed by atoms with Crippen LogP contribution in [0.3, 0.4) is 0 Å². The summed E-state index contributed by atoms with van der Waals surface area (Å²) in [6.07, 6.45) is 2.21. The number of carboxylic acids is 1. The number of hydrogen-bond donors (Lipinski definition) is 2. The predicted octanol–water partition coefficient (Wildman–Crippen LogP) is 1.65. The minimum absolute atomic E-state index is 0.274. The zero-order valence-corrected chi connectivity index (χ0v) is 9.00. The Balaban J connectivity index is 2.52. The topological polar surface area (TPSA) is 57.5 Å². The molecule has 2 rings (SSSR count). The molecule has 0 radical (unpaired) electrons. The number of fused-ring (bicyclic) bond motifs is 2. The van der Waals surface area contributed by atoms with Gasteiger partial charge in [-0.05, 0) is 37.5 Å². The number of carbonyl (C=O) groups is 1. The first-order chi connectivity index (χ1) is 6.26. The summed E-state index contributed by atoms with van der Waals surface area (Å²) in [4.78, 5) is 11.3. The molecule has 0 amide bonds. The van der Waals surface area contributed by atoms with E-state index >= 15 is 0 Å². The van der Waals surface area contributed by atoms with E-state index in [0.29, 0.717) is 18.8 Å². The molecule has 2 N–H and O–H groups in total. The summed E-state index contributed by atoms with van der Waals surface area (Å²) in [6.45, 7) is 5.67. The Hall–Kier alpha value is -0.570. The second-order valence-electron chi connectivity index (χ2n) is 5.62. The number of aliphatic hydroxyl groups is 1. The van der Waals surface area contributed by atoms with Crippen molar-refractivity contribution in [3.63, 3.8) is 0 Å². The fraction of sp³-hybridized carbons (Fsp3) is 0.909. The van der Waals surface area contributed by atoms with Crippen LogP contribution in [0.25, 0.3) is 0 Å². The Kier molecular flexibility index (Phi) is 1.65.